The van der Waals surface area contributed by atoms with Crippen LogP contribution in [-0.4, -0.2) is 20.3 Å². The summed E-state index contributed by atoms with van der Waals surface area (Å²) < 4.78 is 3.43. The zero-order chi connectivity index (χ0) is 19.8. The van der Waals surface area contributed by atoms with Crippen LogP contribution in [0.15, 0.2) is 95.0 Å². The molecule has 3 aromatic heterocycles. The summed E-state index contributed by atoms with van der Waals surface area (Å²) in [6, 6.07) is 25.7. The van der Waals surface area contributed by atoms with E-state index in [1.165, 1.54) is 4.68 Å². The van der Waals surface area contributed by atoms with E-state index in [0.717, 1.165) is 22.3 Å². The lowest BCUT2D eigenvalue weighted by Gasteiger charge is -2.06. The number of pyridine rings is 1. The van der Waals surface area contributed by atoms with Crippen molar-refractivity contribution in [2.24, 2.45) is 5.10 Å². The average molecular weight is 378 g/mol. The number of para-hydroxylation sites is 1. The van der Waals surface area contributed by atoms with Gasteiger partial charge in [0, 0.05) is 17.3 Å². The molecule has 29 heavy (non-hydrogen) atoms. The Labute approximate surface area is 167 Å². The van der Waals surface area contributed by atoms with Crippen molar-refractivity contribution in [3.05, 3.63) is 107 Å². The molecule has 5 aromatic rings. The second-order valence-corrected chi connectivity index (χ2v) is 6.84. The second kappa shape index (κ2) is 6.87. The average Bonchev–Trinajstić information content (AvgIpc) is 3.13. The van der Waals surface area contributed by atoms with Gasteiger partial charge in [0.2, 0.25) is 0 Å². The Kier molecular flexibility index (Phi) is 4.06. The second-order valence-electron chi connectivity index (χ2n) is 6.84. The quantitative estimate of drug-likeness (QED) is 0.434. The van der Waals surface area contributed by atoms with E-state index in [4.69, 9.17) is 0 Å². The van der Waals surface area contributed by atoms with Gasteiger partial charge < -0.3 is 4.40 Å². The third-order valence-corrected chi connectivity index (χ3v) is 5.02. The Hall–Kier alpha value is -3.99. The summed E-state index contributed by atoms with van der Waals surface area (Å²) in [5, 5.41) is 5.08. The summed E-state index contributed by atoms with van der Waals surface area (Å²) in [6.07, 6.45) is 3.73. The van der Waals surface area contributed by atoms with E-state index in [2.05, 4.69) is 38.8 Å². The van der Waals surface area contributed by atoms with Crippen molar-refractivity contribution < 1.29 is 0 Å². The van der Waals surface area contributed by atoms with Gasteiger partial charge in [-0.15, -0.1) is 0 Å². The van der Waals surface area contributed by atoms with Crippen molar-refractivity contribution in [1.29, 1.82) is 0 Å². The molecule has 0 amide bonds. The van der Waals surface area contributed by atoms with Crippen LogP contribution in [0.5, 0.6) is 0 Å². The third-order valence-electron chi connectivity index (χ3n) is 5.02. The van der Waals surface area contributed by atoms with Crippen LogP contribution in [0, 0.1) is 6.92 Å². The van der Waals surface area contributed by atoms with Crippen LogP contribution in [0.25, 0.3) is 27.5 Å². The minimum absolute atomic E-state index is 0.175. The van der Waals surface area contributed by atoms with Crippen LogP contribution in [0.2, 0.25) is 0 Å². The Morgan fingerprint density at radius 1 is 0.931 bits per heavy atom. The van der Waals surface area contributed by atoms with Crippen LogP contribution in [0.3, 0.4) is 0 Å². The number of hydrogen-bond donors (Lipinski definition) is 0. The van der Waals surface area contributed by atoms with Crippen LogP contribution < -0.4 is 5.56 Å². The van der Waals surface area contributed by atoms with E-state index in [-0.39, 0.29) is 5.56 Å². The first-order valence-corrected chi connectivity index (χ1v) is 9.40. The van der Waals surface area contributed by atoms with E-state index in [0.29, 0.717) is 16.7 Å². The fourth-order valence-corrected chi connectivity index (χ4v) is 3.61. The predicted molar refractivity (Wildman–Crippen MR) is 117 cm³/mol. The highest BCUT2D eigenvalue weighted by molar-refractivity contribution is 5.92. The maximum absolute atomic E-state index is 12.9. The molecule has 0 unspecified atom stereocenters. The number of hydrogen-bond acceptors (Lipinski definition) is 3. The molecule has 5 rings (SSSR count). The number of fused-ring (bicyclic) bond motifs is 2. The fourth-order valence-electron chi connectivity index (χ4n) is 3.61. The van der Waals surface area contributed by atoms with Gasteiger partial charge >= 0.3 is 0 Å². The van der Waals surface area contributed by atoms with Crippen molar-refractivity contribution >= 4 is 22.6 Å². The number of nitrogens with zero attached hydrogens (tertiary/aromatic N) is 4. The summed E-state index contributed by atoms with van der Waals surface area (Å²) in [7, 11) is 0. The molecule has 0 fully saturated rings. The normalized spacial score (nSPS) is 11.6. The van der Waals surface area contributed by atoms with Crippen LogP contribution in [0.1, 0.15) is 11.5 Å². The Bertz CT molecular complexity index is 1430. The van der Waals surface area contributed by atoms with E-state index in [1.807, 2.05) is 54.7 Å². The predicted octanol–water partition coefficient (Wildman–Crippen LogP) is 4.51. The minimum atomic E-state index is -0.175. The van der Waals surface area contributed by atoms with E-state index < -0.39 is 0 Å². The van der Waals surface area contributed by atoms with Gasteiger partial charge in [-0.25, -0.2) is 4.98 Å². The van der Waals surface area contributed by atoms with E-state index in [1.54, 1.807) is 19.2 Å². The molecular weight excluding hydrogens is 360 g/mol. The molecule has 0 bridgehead atoms. The topological polar surface area (TPSA) is 51.7 Å². The van der Waals surface area contributed by atoms with Gasteiger partial charge in [0.05, 0.1) is 22.8 Å². The Morgan fingerprint density at radius 3 is 2.55 bits per heavy atom. The highest BCUT2D eigenvalue weighted by atomic mass is 16.1. The summed E-state index contributed by atoms with van der Waals surface area (Å²) >= 11 is 0. The number of aromatic nitrogens is 3. The van der Waals surface area contributed by atoms with Crippen molar-refractivity contribution in [2.45, 2.75) is 6.92 Å². The number of benzene rings is 2. The summed E-state index contributed by atoms with van der Waals surface area (Å²) in [5.74, 6) is 0.548. The lowest BCUT2D eigenvalue weighted by molar-refractivity contribution is 0.770. The van der Waals surface area contributed by atoms with Gasteiger partial charge in [0.15, 0.2) is 0 Å². The molecule has 5 heteroatoms. The highest BCUT2D eigenvalue weighted by Crippen LogP contribution is 2.26. The van der Waals surface area contributed by atoms with Crippen LogP contribution in [0.4, 0.5) is 0 Å². The lowest BCUT2D eigenvalue weighted by Crippen LogP contribution is -2.20. The molecule has 0 saturated carbocycles. The molecule has 5 nitrogen and oxygen atoms in total. The Balaban J connectivity index is 1.71. The Morgan fingerprint density at radius 2 is 1.69 bits per heavy atom. The molecule has 140 valence electrons. The smallest absolute Gasteiger partial charge is 0.282 e. The molecule has 3 heterocycles. The summed E-state index contributed by atoms with van der Waals surface area (Å²) in [5.41, 5.74) is 4.63. The molecule has 0 aliphatic rings. The van der Waals surface area contributed by atoms with Gasteiger partial charge in [0.1, 0.15) is 5.82 Å². The van der Waals surface area contributed by atoms with Gasteiger partial charge in [0.25, 0.3) is 5.56 Å². The third kappa shape index (κ3) is 2.93. The highest BCUT2D eigenvalue weighted by Gasteiger charge is 2.11. The fraction of sp³-hybridized carbons (Fsp3) is 0.0417. The molecule has 0 N–H and O–H groups in total. The SMILES string of the molecule is Cc1nc2ccccc2c(=O)n1N=Cc1c(-c2ccccc2)cc2ccccn12. The van der Waals surface area contributed by atoms with Gasteiger partial charge in [-0.2, -0.15) is 9.78 Å². The lowest BCUT2D eigenvalue weighted by atomic mass is 10.1. The molecule has 2 aromatic carbocycles. The molecule has 0 atom stereocenters. The first-order chi connectivity index (χ1) is 14.2. The number of aryl methyl sites for hydroxylation is 1. The van der Waals surface area contributed by atoms with Gasteiger partial charge in [-0.1, -0.05) is 48.5 Å². The monoisotopic (exact) mass is 378 g/mol. The molecular formula is C24H18N4O. The zero-order valence-corrected chi connectivity index (χ0v) is 15.9. The maximum Gasteiger partial charge on any atom is 0.282 e. The largest absolute Gasteiger partial charge is 0.315 e. The van der Waals surface area contributed by atoms with Gasteiger partial charge in [-0.05, 0) is 42.8 Å². The first kappa shape index (κ1) is 17.1. The van der Waals surface area contributed by atoms with E-state index in [9.17, 15) is 4.79 Å². The first-order valence-electron chi connectivity index (χ1n) is 9.40. The van der Waals surface area contributed by atoms with Gasteiger partial charge in [-0.3, -0.25) is 4.79 Å². The zero-order valence-electron chi connectivity index (χ0n) is 15.9. The van der Waals surface area contributed by atoms with Crippen molar-refractivity contribution in [3.63, 3.8) is 0 Å². The maximum atomic E-state index is 12.9. The molecule has 0 aliphatic carbocycles. The molecule has 0 radical (unpaired) electrons. The minimum Gasteiger partial charge on any atom is -0.315 e. The number of rotatable bonds is 3. The van der Waals surface area contributed by atoms with Crippen molar-refractivity contribution in [1.82, 2.24) is 14.1 Å². The summed E-state index contributed by atoms with van der Waals surface area (Å²) in [6.45, 7) is 1.79. The molecule has 0 spiro atoms. The van der Waals surface area contributed by atoms with Crippen LogP contribution in [-0.2, 0) is 0 Å². The standard InChI is InChI=1S/C24H18N4O/c1-17-26-22-13-6-5-12-20(22)24(29)28(17)25-16-23-21(18-9-3-2-4-10-18)15-19-11-7-8-14-27(19)23/h2-16H,1H3. The van der Waals surface area contributed by atoms with Crippen molar-refractivity contribution in [2.75, 3.05) is 0 Å². The molecule has 0 aliphatic heterocycles. The van der Waals surface area contributed by atoms with E-state index >= 15 is 0 Å². The van der Waals surface area contributed by atoms with Crippen LogP contribution >= 0.6 is 0 Å². The molecule has 0 saturated heterocycles. The summed E-state index contributed by atoms with van der Waals surface area (Å²) in [4.78, 5) is 17.5. The van der Waals surface area contributed by atoms with Crippen molar-refractivity contribution in [3.8, 4) is 11.1 Å².